The molecular weight excluding hydrogens is 454 g/mol. The molecule has 0 bridgehead atoms. The number of alkyl halides is 3. The van der Waals surface area contributed by atoms with Crippen LogP contribution in [0.5, 0.6) is 0 Å². The maximum atomic E-state index is 14.8. The Morgan fingerprint density at radius 1 is 1.18 bits per heavy atom. The molecule has 0 saturated carbocycles. The zero-order chi connectivity index (χ0) is 24.5. The summed E-state index contributed by atoms with van der Waals surface area (Å²) in [5.41, 5.74) is -0.218. The van der Waals surface area contributed by atoms with E-state index in [9.17, 15) is 22.4 Å². The van der Waals surface area contributed by atoms with Gasteiger partial charge in [0.2, 0.25) is 5.95 Å². The summed E-state index contributed by atoms with van der Waals surface area (Å²) in [5, 5.41) is 10.9. The standard InChI is InChI=1S/C22H23F4N7O/c1-13-4-3-9-32(17(13)12-29-21-27-10-15(11-28-21)22(24,25)26)20(34)18-14(2)5-6-16(23)19(18)33-30-7-8-31-33/h5-8,10-11,13,17H,3-4,9,12H2,1-2H3,(H,27,28,29). The third kappa shape index (κ3) is 4.70. The Labute approximate surface area is 193 Å². The zero-order valence-electron chi connectivity index (χ0n) is 18.6. The van der Waals surface area contributed by atoms with Crippen molar-refractivity contribution in [3.8, 4) is 5.69 Å². The van der Waals surface area contributed by atoms with Gasteiger partial charge in [-0.15, -0.1) is 4.80 Å². The molecule has 1 aromatic carbocycles. The summed E-state index contributed by atoms with van der Waals surface area (Å²) >= 11 is 0. The number of halogens is 4. The lowest BCUT2D eigenvalue weighted by Gasteiger charge is -2.40. The van der Waals surface area contributed by atoms with E-state index in [1.54, 1.807) is 11.8 Å². The highest BCUT2D eigenvalue weighted by atomic mass is 19.4. The van der Waals surface area contributed by atoms with Gasteiger partial charge in [0.05, 0.1) is 29.6 Å². The van der Waals surface area contributed by atoms with Crippen LogP contribution in [-0.4, -0.2) is 54.9 Å². The molecule has 180 valence electrons. The van der Waals surface area contributed by atoms with Crippen LogP contribution in [0.25, 0.3) is 5.69 Å². The number of likely N-dealkylation sites (tertiary alicyclic amines) is 1. The number of nitrogens with one attached hydrogen (secondary N) is 1. The molecule has 2 atom stereocenters. The van der Waals surface area contributed by atoms with Crippen molar-refractivity contribution in [1.29, 1.82) is 0 Å². The van der Waals surface area contributed by atoms with Crippen molar-refractivity contribution < 1.29 is 22.4 Å². The van der Waals surface area contributed by atoms with Crippen LogP contribution in [0.3, 0.4) is 0 Å². The maximum absolute atomic E-state index is 14.8. The van der Waals surface area contributed by atoms with Gasteiger partial charge < -0.3 is 10.2 Å². The molecule has 34 heavy (non-hydrogen) atoms. The highest BCUT2D eigenvalue weighted by molar-refractivity contribution is 5.99. The van der Waals surface area contributed by atoms with Crippen molar-refractivity contribution in [3.05, 3.63) is 59.4 Å². The molecule has 8 nitrogen and oxygen atoms in total. The van der Waals surface area contributed by atoms with Gasteiger partial charge in [0.1, 0.15) is 5.69 Å². The van der Waals surface area contributed by atoms with Gasteiger partial charge in [0.15, 0.2) is 5.82 Å². The summed E-state index contributed by atoms with van der Waals surface area (Å²) in [7, 11) is 0. The second-order valence-corrected chi connectivity index (χ2v) is 8.27. The van der Waals surface area contributed by atoms with Crippen LogP contribution in [0.15, 0.2) is 36.9 Å². The quantitative estimate of drug-likeness (QED) is 0.562. The Balaban J connectivity index is 1.60. The summed E-state index contributed by atoms with van der Waals surface area (Å²) in [6.45, 7) is 4.39. The molecule has 1 fully saturated rings. The van der Waals surface area contributed by atoms with Gasteiger partial charge >= 0.3 is 6.18 Å². The molecule has 0 spiro atoms. The Morgan fingerprint density at radius 3 is 2.50 bits per heavy atom. The van der Waals surface area contributed by atoms with Crippen molar-refractivity contribution >= 4 is 11.9 Å². The number of hydrogen-bond acceptors (Lipinski definition) is 6. The van der Waals surface area contributed by atoms with E-state index in [0.29, 0.717) is 24.5 Å². The molecule has 0 radical (unpaired) electrons. The second-order valence-electron chi connectivity index (χ2n) is 8.27. The molecule has 2 unspecified atom stereocenters. The van der Waals surface area contributed by atoms with E-state index in [-0.39, 0.29) is 41.6 Å². The Hall–Kier alpha value is -3.57. The third-order valence-corrected chi connectivity index (χ3v) is 5.99. The van der Waals surface area contributed by atoms with Crippen molar-refractivity contribution in [3.63, 3.8) is 0 Å². The smallest absolute Gasteiger partial charge is 0.352 e. The molecular formula is C22H23F4N7O. The van der Waals surface area contributed by atoms with Gasteiger partial charge in [-0.3, -0.25) is 4.79 Å². The first-order valence-corrected chi connectivity index (χ1v) is 10.8. The predicted molar refractivity (Wildman–Crippen MR) is 115 cm³/mol. The molecule has 1 aliphatic heterocycles. The maximum Gasteiger partial charge on any atom is 0.419 e. The highest BCUT2D eigenvalue weighted by Crippen LogP contribution is 2.30. The summed E-state index contributed by atoms with van der Waals surface area (Å²) in [6.07, 6.45) is 1.32. The normalized spacial score (nSPS) is 18.7. The molecule has 0 aliphatic carbocycles. The van der Waals surface area contributed by atoms with Gasteiger partial charge in [-0.05, 0) is 37.3 Å². The van der Waals surface area contributed by atoms with E-state index in [2.05, 4.69) is 25.5 Å². The molecule has 1 saturated heterocycles. The SMILES string of the molecule is Cc1ccc(F)c(-n2nccn2)c1C(=O)N1CCCC(C)C1CNc1ncc(C(F)(F)F)cn1. The highest BCUT2D eigenvalue weighted by Gasteiger charge is 2.35. The first-order chi connectivity index (χ1) is 16.2. The number of carbonyl (C=O) groups is 1. The van der Waals surface area contributed by atoms with Crippen LogP contribution in [0, 0.1) is 18.7 Å². The fraction of sp³-hybridized carbons (Fsp3) is 0.409. The topological polar surface area (TPSA) is 88.8 Å². The average Bonchev–Trinajstić information content (AvgIpc) is 3.33. The van der Waals surface area contributed by atoms with Crippen LogP contribution >= 0.6 is 0 Å². The van der Waals surface area contributed by atoms with E-state index < -0.39 is 17.6 Å². The van der Waals surface area contributed by atoms with Crippen LogP contribution in [0.1, 0.15) is 41.3 Å². The monoisotopic (exact) mass is 477 g/mol. The van der Waals surface area contributed by atoms with Crippen molar-refractivity contribution in [2.24, 2.45) is 5.92 Å². The Kier molecular flexibility index (Phi) is 6.49. The predicted octanol–water partition coefficient (Wildman–Crippen LogP) is 3.88. The van der Waals surface area contributed by atoms with E-state index in [0.717, 1.165) is 17.6 Å². The summed E-state index contributed by atoms with van der Waals surface area (Å²) in [6, 6.07) is 2.49. The molecule has 12 heteroatoms. The fourth-order valence-electron chi connectivity index (χ4n) is 4.18. The number of rotatable bonds is 5. The van der Waals surface area contributed by atoms with E-state index in [1.807, 2.05) is 6.92 Å². The van der Waals surface area contributed by atoms with Crippen molar-refractivity contribution in [2.75, 3.05) is 18.4 Å². The molecule has 4 rings (SSSR count). The number of benzene rings is 1. The lowest BCUT2D eigenvalue weighted by atomic mass is 9.89. The van der Waals surface area contributed by atoms with Gasteiger partial charge in [0, 0.05) is 25.5 Å². The molecule has 1 aliphatic rings. The number of aromatic nitrogens is 5. The van der Waals surface area contributed by atoms with Gasteiger partial charge in [-0.25, -0.2) is 14.4 Å². The molecule has 1 N–H and O–H groups in total. The number of nitrogens with zero attached hydrogens (tertiary/aromatic N) is 6. The lowest BCUT2D eigenvalue weighted by Crippen LogP contribution is -2.51. The number of carbonyl (C=O) groups excluding carboxylic acids is 1. The number of piperidine rings is 1. The lowest BCUT2D eigenvalue weighted by molar-refractivity contribution is -0.138. The number of amides is 1. The van der Waals surface area contributed by atoms with E-state index >= 15 is 0 Å². The minimum Gasteiger partial charge on any atom is -0.352 e. The molecule has 3 heterocycles. The fourth-order valence-corrected chi connectivity index (χ4v) is 4.18. The average molecular weight is 477 g/mol. The minimum atomic E-state index is -4.52. The van der Waals surface area contributed by atoms with Crippen molar-refractivity contribution in [2.45, 2.75) is 38.9 Å². The largest absolute Gasteiger partial charge is 0.419 e. The number of anilines is 1. The van der Waals surface area contributed by atoms with Crippen LogP contribution in [-0.2, 0) is 6.18 Å². The first-order valence-electron chi connectivity index (χ1n) is 10.8. The molecule has 1 amide bonds. The summed E-state index contributed by atoms with van der Waals surface area (Å²) in [4.78, 5) is 24.0. The van der Waals surface area contributed by atoms with E-state index in [4.69, 9.17) is 0 Å². The Bertz CT molecular complexity index is 1150. The minimum absolute atomic E-state index is 0.0222. The molecule has 2 aromatic heterocycles. The first kappa shape index (κ1) is 23.6. The van der Waals surface area contributed by atoms with Gasteiger partial charge in [-0.2, -0.15) is 23.4 Å². The number of hydrogen-bond donors (Lipinski definition) is 1. The summed E-state index contributed by atoms with van der Waals surface area (Å²) < 4.78 is 53.1. The second kappa shape index (κ2) is 9.35. The van der Waals surface area contributed by atoms with E-state index in [1.165, 1.54) is 24.5 Å². The van der Waals surface area contributed by atoms with Crippen LogP contribution < -0.4 is 5.32 Å². The summed E-state index contributed by atoms with van der Waals surface area (Å²) in [5.74, 6) is -0.875. The van der Waals surface area contributed by atoms with Crippen molar-refractivity contribution in [1.82, 2.24) is 29.9 Å². The third-order valence-electron chi connectivity index (χ3n) is 5.99. The van der Waals surface area contributed by atoms with Gasteiger partial charge in [-0.1, -0.05) is 13.0 Å². The van der Waals surface area contributed by atoms with Crippen LogP contribution in [0.4, 0.5) is 23.5 Å². The van der Waals surface area contributed by atoms with Gasteiger partial charge in [0.25, 0.3) is 5.91 Å². The number of aryl methyl sites for hydroxylation is 1. The zero-order valence-corrected chi connectivity index (χ0v) is 18.6. The molecule has 3 aromatic rings. The van der Waals surface area contributed by atoms with Crippen LogP contribution in [0.2, 0.25) is 0 Å². The Morgan fingerprint density at radius 2 is 1.85 bits per heavy atom.